The number of aliphatic imine (C=N–C) groups is 2. The van der Waals surface area contributed by atoms with E-state index in [-0.39, 0.29) is 16.2 Å². The summed E-state index contributed by atoms with van der Waals surface area (Å²) >= 11 is 14.6. The number of hydrogen-bond donors (Lipinski definition) is 0. The van der Waals surface area contributed by atoms with Crippen LogP contribution < -0.4 is 0 Å². The molecule has 0 N–H and O–H groups in total. The Bertz CT molecular complexity index is 1160. The van der Waals surface area contributed by atoms with E-state index in [9.17, 15) is 0 Å². The average molecular weight is 549 g/mol. The van der Waals surface area contributed by atoms with Crippen LogP contribution in [0.3, 0.4) is 0 Å². The summed E-state index contributed by atoms with van der Waals surface area (Å²) in [6.45, 7) is 1.69. The van der Waals surface area contributed by atoms with Gasteiger partial charge in [0.15, 0.2) is 0 Å². The summed E-state index contributed by atoms with van der Waals surface area (Å²) in [4.78, 5) is 15.0. The summed E-state index contributed by atoms with van der Waals surface area (Å²) in [7, 11) is 4.29. The minimum Gasteiger partial charge on any atom is -0.362 e. The lowest BCUT2D eigenvalue weighted by Gasteiger charge is -2.62. The highest BCUT2D eigenvalue weighted by Crippen LogP contribution is 2.64. The quantitative estimate of drug-likeness (QED) is 0.398. The fraction of sp³-hybridized carbons (Fsp3) is 0.391. The first-order valence-electron chi connectivity index (χ1n) is 10.2. The van der Waals surface area contributed by atoms with Crippen molar-refractivity contribution in [3.63, 3.8) is 0 Å². The van der Waals surface area contributed by atoms with Gasteiger partial charge >= 0.3 is 0 Å². The molecule has 7 heteroatoms. The first kappa shape index (κ1) is 19.3. The lowest BCUT2D eigenvalue weighted by molar-refractivity contribution is 0.127. The van der Waals surface area contributed by atoms with Crippen molar-refractivity contribution >= 4 is 66.5 Å². The van der Waals surface area contributed by atoms with Crippen LogP contribution in [-0.4, -0.2) is 54.0 Å². The summed E-state index contributed by atoms with van der Waals surface area (Å²) in [5.41, 5.74) is 4.03. The van der Waals surface area contributed by atoms with Gasteiger partial charge in [0.1, 0.15) is 11.7 Å². The molecule has 0 bridgehead atoms. The molecule has 4 aliphatic rings. The van der Waals surface area contributed by atoms with E-state index in [1.165, 1.54) is 11.1 Å². The highest BCUT2D eigenvalue weighted by atomic mass is 79.9. The molecular formula is C23H21Br2ClN4. The standard InChI is InChI=1S/C23H21Br2ClN4/c1-29-8-7-22-11-13-3-4-14(24)9-17(13)27-20(22)30(2)12-19(26)23(22)16-6-5-15(25)10-18(16)28-21(23)29/h3-6,9-10,19H,7-8,11-12H2,1-2H3. The van der Waals surface area contributed by atoms with Crippen LogP contribution in [0.25, 0.3) is 0 Å². The molecule has 4 heterocycles. The average Bonchev–Trinajstić information content (AvgIpc) is 3.06. The number of likely N-dealkylation sites (N-methyl/N-ethyl adjacent to an activating group) is 1. The Balaban J connectivity index is 1.68. The second-order valence-corrected chi connectivity index (χ2v) is 11.3. The van der Waals surface area contributed by atoms with Crippen LogP contribution in [0.15, 0.2) is 55.3 Å². The molecule has 3 atom stereocenters. The van der Waals surface area contributed by atoms with E-state index in [2.05, 4.69) is 92.2 Å². The topological polar surface area (TPSA) is 31.2 Å². The first-order valence-corrected chi connectivity index (χ1v) is 12.2. The van der Waals surface area contributed by atoms with E-state index in [4.69, 9.17) is 21.6 Å². The van der Waals surface area contributed by atoms with Crippen LogP contribution in [0.4, 0.5) is 11.4 Å². The van der Waals surface area contributed by atoms with Gasteiger partial charge in [0, 0.05) is 36.1 Å². The Labute approximate surface area is 198 Å². The van der Waals surface area contributed by atoms with Crippen molar-refractivity contribution in [3.8, 4) is 0 Å². The predicted octanol–water partition coefficient (Wildman–Crippen LogP) is 5.65. The molecule has 154 valence electrons. The van der Waals surface area contributed by atoms with Gasteiger partial charge in [-0.25, -0.2) is 9.98 Å². The van der Waals surface area contributed by atoms with Gasteiger partial charge in [-0.05, 0) is 48.2 Å². The SMILES string of the molecule is CN1CC(Cl)C23C(=Nc4cc(Br)ccc42)N(C)CCC32Cc3ccc(Br)cc3N=C12. The number of likely N-dealkylation sites (tertiary alicyclic amines) is 2. The lowest BCUT2D eigenvalue weighted by Crippen LogP contribution is -2.74. The summed E-state index contributed by atoms with van der Waals surface area (Å²) in [6.07, 6.45) is 1.92. The molecule has 0 aromatic heterocycles. The number of alkyl halides is 1. The lowest BCUT2D eigenvalue weighted by atomic mass is 9.49. The molecule has 2 fully saturated rings. The van der Waals surface area contributed by atoms with Gasteiger partial charge in [-0.2, -0.15) is 0 Å². The van der Waals surface area contributed by atoms with Crippen molar-refractivity contribution in [3.05, 3.63) is 56.5 Å². The molecule has 2 spiro atoms. The van der Waals surface area contributed by atoms with Gasteiger partial charge in [0.25, 0.3) is 0 Å². The largest absolute Gasteiger partial charge is 0.362 e. The van der Waals surface area contributed by atoms with Gasteiger partial charge < -0.3 is 9.80 Å². The number of halogens is 3. The van der Waals surface area contributed by atoms with Crippen molar-refractivity contribution in [2.45, 2.75) is 23.6 Å². The third-order valence-electron chi connectivity index (χ3n) is 7.41. The van der Waals surface area contributed by atoms with Crippen LogP contribution >= 0.6 is 43.5 Å². The van der Waals surface area contributed by atoms with Gasteiger partial charge in [-0.1, -0.05) is 44.0 Å². The number of nitrogens with zero attached hydrogens (tertiary/aromatic N) is 4. The zero-order chi connectivity index (χ0) is 20.8. The molecule has 3 unspecified atom stereocenters. The fourth-order valence-corrected chi connectivity index (χ4v) is 7.56. The van der Waals surface area contributed by atoms with Crippen molar-refractivity contribution in [1.29, 1.82) is 0 Å². The molecule has 2 aromatic carbocycles. The summed E-state index contributed by atoms with van der Waals surface area (Å²) in [5, 5.41) is -0.0950. The summed E-state index contributed by atoms with van der Waals surface area (Å²) in [5.74, 6) is 2.25. The maximum Gasteiger partial charge on any atom is 0.118 e. The minimum atomic E-state index is -0.381. The first-order chi connectivity index (χ1) is 14.4. The molecule has 4 aliphatic heterocycles. The van der Waals surface area contributed by atoms with Gasteiger partial charge in [0.2, 0.25) is 0 Å². The summed E-state index contributed by atoms with van der Waals surface area (Å²) < 4.78 is 2.11. The molecule has 2 saturated heterocycles. The number of benzene rings is 2. The van der Waals surface area contributed by atoms with E-state index in [1.807, 2.05) is 0 Å². The van der Waals surface area contributed by atoms with Crippen molar-refractivity contribution in [2.24, 2.45) is 15.4 Å². The van der Waals surface area contributed by atoms with Gasteiger partial charge in [0.05, 0.1) is 27.6 Å². The second-order valence-electron chi connectivity index (χ2n) is 8.89. The Kier molecular flexibility index (Phi) is 4.08. The Morgan fingerprint density at radius 3 is 2.47 bits per heavy atom. The molecule has 0 radical (unpaired) electrons. The maximum atomic E-state index is 7.35. The smallest absolute Gasteiger partial charge is 0.118 e. The van der Waals surface area contributed by atoms with Gasteiger partial charge in [-0.15, -0.1) is 11.6 Å². The third kappa shape index (κ3) is 2.23. The number of amidine groups is 2. The number of hydrogen-bond acceptors (Lipinski definition) is 4. The Morgan fingerprint density at radius 1 is 0.967 bits per heavy atom. The Hall–Kier alpha value is -1.37. The van der Waals surface area contributed by atoms with E-state index >= 15 is 0 Å². The highest BCUT2D eigenvalue weighted by Gasteiger charge is 2.70. The monoisotopic (exact) mass is 546 g/mol. The second kappa shape index (κ2) is 6.33. The van der Waals surface area contributed by atoms with Crippen molar-refractivity contribution in [1.82, 2.24) is 9.80 Å². The van der Waals surface area contributed by atoms with E-state index in [1.54, 1.807) is 0 Å². The van der Waals surface area contributed by atoms with Gasteiger partial charge in [-0.3, -0.25) is 0 Å². The number of fused-ring (bicyclic) bond motifs is 2. The zero-order valence-corrected chi connectivity index (χ0v) is 20.7. The fourth-order valence-electron chi connectivity index (χ4n) is 6.23. The third-order valence-corrected chi connectivity index (χ3v) is 8.87. The molecule has 30 heavy (non-hydrogen) atoms. The van der Waals surface area contributed by atoms with E-state index in [0.717, 1.165) is 57.9 Å². The van der Waals surface area contributed by atoms with E-state index in [0.29, 0.717) is 0 Å². The molecule has 0 saturated carbocycles. The zero-order valence-electron chi connectivity index (χ0n) is 16.8. The van der Waals surface area contributed by atoms with Crippen molar-refractivity contribution < 1.29 is 0 Å². The van der Waals surface area contributed by atoms with Crippen LogP contribution in [0, 0.1) is 5.41 Å². The predicted molar refractivity (Wildman–Crippen MR) is 130 cm³/mol. The van der Waals surface area contributed by atoms with Crippen LogP contribution in [0.1, 0.15) is 17.5 Å². The van der Waals surface area contributed by atoms with Crippen LogP contribution in [0.5, 0.6) is 0 Å². The normalized spacial score (nSPS) is 31.2. The molecule has 6 rings (SSSR count). The number of piperidine rings is 2. The Morgan fingerprint density at radius 2 is 1.67 bits per heavy atom. The maximum absolute atomic E-state index is 7.35. The highest BCUT2D eigenvalue weighted by molar-refractivity contribution is 9.10. The van der Waals surface area contributed by atoms with Crippen molar-refractivity contribution in [2.75, 3.05) is 27.2 Å². The van der Waals surface area contributed by atoms with E-state index < -0.39 is 0 Å². The molecule has 0 aliphatic carbocycles. The molecule has 4 nitrogen and oxygen atoms in total. The molecular weight excluding hydrogens is 528 g/mol. The van der Waals surface area contributed by atoms with Crippen LogP contribution in [-0.2, 0) is 11.8 Å². The molecule has 2 aromatic rings. The minimum absolute atomic E-state index is 0.0950. The van der Waals surface area contributed by atoms with Crippen LogP contribution in [0.2, 0.25) is 0 Å². The number of rotatable bonds is 0. The molecule has 0 amide bonds. The summed E-state index contributed by atoms with van der Waals surface area (Å²) in [6, 6.07) is 13.0.